The van der Waals surface area contributed by atoms with Crippen LogP contribution in [0.25, 0.3) is 22.0 Å². The van der Waals surface area contributed by atoms with Gasteiger partial charge in [-0.15, -0.1) is 0 Å². The molecule has 0 radical (unpaired) electrons. The molecule has 3 heterocycles. The number of ether oxygens (including phenoxy) is 1. The number of hydrogen-bond acceptors (Lipinski definition) is 5. The van der Waals surface area contributed by atoms with Crippen molar-refractivity contribution in [2.45, 2.75) is 51.5 Å². The van der Waals surface area contributed by atoms with Crippen molar-refractivity contribution in [1.29, 1.82) is 0 Å². The van der Waals surface area contributed by atoms with Gasteiger partial charge in [-0.2, -0.15) is 0 Å². The molecule has 0 saturated carbocycles. The molecule has 4 atom stereocenters. The number of aliphatic hydroxyl groups excluding tert-OH is 1. The van der Waals surface area contributed by atoms with Gasteiger partial charge in [-0.25, -0.2) is 0 Å². The normalized spacial score (nSPS) is 23.0. The monoisotopic (exact) mass is 546 g/mol. The highest BCUT2D eigenvalue weighted by Gasteiger charge is 2.35. The number of carbonyl (C=O) groups is 2. The molecule has 2 aromatic carbocycles. The Morgan fingerprint density at radius 1 is 1.15 bits per heavy atom. The van der Waals surface area contributed by atoms with E-state index in [2.05, 4.69) is 30.0 Å². The molecule has 214 valence electrons. The third-order valence-corrected chi connectivity index (χ3v) is 8.86. The molecule has 2 aliphatic heterocycles. The summed E-state index contributed by atoms with van der Waals surface area (Å²) in [6.07, 6.45) is 1.60. The van der Waals surface area contributed by atoms with Crippen LogP contribution in [0.4, 0.5) is 0 Å². The summed E-state index contributed by atoms with van der Waals surface area (Å²) in [5.74, 6) is -0.0893. The number of aliphatic hydroxyl groups is 1. The fourth-order valence-corrected chi connectivity index (χ4v) is 6.36. The van der Waals surface area contributed by atoms with Crippen LogP contribution in [-0.2, 0) is 23.2 Å². The minimum Gasteiger partial charge on any atom is -0.394 e. The second-order valence-electron chi connectivity index (χ2n) is 11.6. The molecule has 8 nitrogen and oxygen atoms in total. The molecule has 5 rings (SSSR count). The van der Waals surface area contributed by atoms with Gasteiger partial charge < -0.3 is 24.2 Å². The summed E-state index contributed by atoms with van der Waals surface area (Å²) in [4.78, 5) is 33.5. The molecule has 0 unspecified atom stereocenters. The van der Waals surface area contributed by atoms with Crippen molar-refractivity contribution >= 4 is 22.7 Å². The first kappa shape index (κ1) is 28.3. The van der Waals surface area contributed by atoms with E-state index in [1.807, 2.05) is 63.0 Å². The van der Waals surface area contributed by atoms with E-state index in [1.165, 1.54) is 0 Å². The largest absolute Gasteiger partial charge is 0.394 e. The van der Waals surface area contributed by atoms with Crippen LogP contribution in [0.5, 0.6) is 0 Å². The topological polar surface area (TPSA) is 78.2 Å². The molecule has 3 aromatic rings. The van der Waals surface area contributed by atoms with Gasteiger partial charge in [0.05, 0.1) is 31.4 Å². The molecule has 1 saturated heterocycles. The number of amides is 2. The lowest BCUT2D eigenvalue weighted by molar-refractivity contribution is -0.137. The van der Waals surface area contributed by atoms with Gasteiger partial charge in [0.2, 0.25) is 5.91 Å². The van der Waals surface area contributed by atoms with Gasteiger partial charge >= 0.3 is 0 Å². The van der Waals surface area contributed by atoms with Crippen molar-refractivity contribution in [3.05, 3.63) is 59.8 Å². The van der Waals surface area contributed by atoms with E-state index in [0.29, 0.717) is 25.4 Å². The van der Waals surface area contributed by atoms with Gasteiger partial charge in [0.15, 0.2) is 0 Å². The molecule has 1 N–H and O–H groups in total. The zero-order valence-corrected chi connectivity index (χ0v) is 24.3. The number of fused-ring (bicyclic) bond motifs is 5. The number of rotatable bonds is 5. The lowest BCUT2D eigenvalue weighted by Gasteiger charge is -2.35. The summed E-state index contributed by atoms with van der Waals surface area (Å²) >= 11 is 0. The number of likely N-dealkylation sites (N-methyl/N-ethyl adjacent to an activating group) is 2. The van der Waals surface area contributed by atoms with Crippen LogP contribution in [-0.4, -0.2) is 94.7 Å². The number of para-hydroxylation sites is 1. The average Bonchev–Trinajstić information content (AvgIpc) is 3.52. The predicted octanol–water partition coefficient (Wildman–Crippen LogP) is 3.76. The maximum Gasteiger partial charge on any atom is 0.271 e. The van der Waals surface area contributed by atoms with Gasteiger partial charge in [-0.05, 0) is 50.6 Å². The predicted molar refractivity (Wildman–Crippen MR) is 157 cm³/mol. The SMILES string of the molecule is C[C@H](CO)N1C[C@H](C)[C@@H](CN(C)C(=O)[C@@H]2CCCN2C)OCc2ccccc2-c2c(n(C)c3ccccc23)C1=O. The Labute approximate surface area is 237 Å². The van der Waals surface area contributed by atoms with Crippen LogP contribution >= 0.6 is 0 Å². The van der Waals surface area contributed by atoms with Crippen LogP contribution in [0.15, 0.2) is 48.5 Å². The molecular formula is C32H42N4O4. The van der Waals surface area contributed by atoms with Crippen LogP contribution in [0, 0.1) is 5.92 Å². The quantitative estimate of drug-likeness (QED) is 0.528. The molecule has 0 aliphatic carbocycles. The van der Waals surface area contributed by atoms with Gasteiger partial charge in [-0.1, -0.05) is 49.4 Å². The zero-order valence-electron chi connectivity index (χ0n) is 24.3. The smallest absolute Gasteiger partial charge is 0.271 e. The van der Waals surface area contributed by atoms with E-state index < -0.39 is 0 Å². The number of likely N-dealkylation sites (tertiary alicyclic amines) is 1. The average molecular weight is 547 g/mol. The second kappa shape index (κ2) is 11.7. The van der Waals surface area contributed by atoms with E-state index in [-0.39, 0.29) is 42.5 Å². The summed E-state index contributed by atoms with van der Waals surface area (Å²) in [5.41, 5.74) is 4.44. The molecule has 2 aliphatic rings. The van der Waals surface area contributed by atoms with Crippen molar-refractivity contribution in [1.82, 2.24) is 19.3 Å². The number of benzene rings is 2. The zero-order chi connectivity index (χ0) is 28.6. The van der Waals surface area contributed by atoms with Crippen LogP contribution < -0.4 is 0 Å². The summed E-state index contributed by atoms with van der Waals surface area (Å²) in [6.45, 7) is 5.92. The molecule has 40 heavy (non-hydrogen) atoms. The van der Waals surface area contributed by atoms with Crippen molar-refractivity contribution in [3.63, 3.8) is 0 Å². The number of aryl methyl sites for hydroxylation is 1. The summed E-state index contributed by atoms with van der Waals surface area (Å²) < 4.78 is 8.62. The maximum atomic E-state index is 14.4. The number of aromatic nitrogens is 1. The van der Waals surface area contributed by atoms with E-state index in [0.717, 1.165) is 47.0 Å². The van der Waals surface area contributed by atoms with Gasteiger partial charge in [-0.3, -0.25) is 14.5 Å². The molecule has 0 spiro atoms. The number of carbonyl (C=O) groups excluding carboxylic acids is 2. The summed E-state index contributed by atoms with van der Waals surface area (Å²) in [6, 6.07) is 15.7. The minimum absolute atomic E-state index is 0.0853. The molecule has 0 bridgehead atoms. The first-order valence-corrected chi connectivity index (χ1v) is 14.4. The third-order valence-electron chi connectivity index (χ3n) is 8.86. The highest BCUT2D eigenvalue weighted by Crippen LogP contribution is 2.38. The third kappa shape index (κ3) is 5.16. The van der Waals surface area contributed by atoms with Gasteiger partial charge in [0.1, 0.15) is 5.69 Å². The van der Waals surface area contributed by atoms with Gasteiger partial charge in [0.25, 0.3) is 5.91 Å². The Hall–Kier alpha value is -3.20. The summed E-state index contributed by atoms with van der Waals surface area (Å²) in [7, 11) is 5.80. The molecule has 8 heteroatoms. The Balaban J connectivity index is 1.58. The van der Waals surface area contributed by atoms with Crippen LogP contribution in [0.3, 0.4) is 0 Å². The minimum atomic E-state index is -0.385. The van der Waals surface area contributed by atoms with Crippen LogP contribution in [0.2, 0.25) is 0 Å². The van der Waals surface area contributed by atoms with Crippen molar-refractivity contribution < 1.29 is 19.4 Å². The number of nitrogens with zero attached hydrogens (tertiary/aromatic N) is 4. The maximum absolute atomic E-state index is 14.4. The van der Waals surface area contributed by atoms with E-state index >= 15 is 0 Å². The van der Waals surface area contributed by atoms with E-state index in [4.69, 9.17) is 4.74 Å². The Morgan fingerprint density at radius 2 is 1.88 bits per heavy atom. The highest BCUT2D eigenvalue weighted by molar-refractivity contribution is 6.10. The fourth-order valence-electron chi connectivity index (χ4n) is 6.36. The summed E-state index contributed by atoms with van der Waals surface area (Å²) in [5, 5.41) is 11.2. The fraction of sp³-hybridized carbons (Fsp3) is 0.500. The van der Waals surface area contributed by atoms with Crippen molar-refractivity contribution in [3.8, 4) is 11.1 Å². The van der Waals surface area contributed by atoms with Gasteiger partial charge in [0, 0.05) is 49.6 Å². The lowest BCUT2D eigenvalue weighted by Crippen LogP contribution is -2.49. The Bertz CT molecular complexity index is 1380. The Morgan fingerprint density at radius 3 is 2.60 bits per heavy atom. The molecule has 1 aromatic heterocycles. The van der Waals surface area contributed by atoms with Crippen LogP contribution in [0.1, 0.15) is 42.7 Å². The molecule has 2 amide bonds. The highest BCUT2D eigenvalue weighted by atomic mass is 16.5. The molecule has 1 fully saturated rings. The van der Waals surface area contributed by atoms with E-state index in [1.54, 1.807) is 9.80 Å². The molecular weight excluding hydrogens is 504 g/mol. The van der Waals surface area contributed by atoms with E-state index in [9.17, 15) is 14.7 Å². The first-order chi connectivity index (χ1) is 19.2. The first-order valence-electron chi connectivity index (χ1n) is 14.4. The standard InChI is InChI=1S/C32H42N4O4/c1-21-17-36(22(2)19-37)32(39)30-29(25-13-8-9-14-26(25)35(30)5)24-12-7-6-11-23(24)20-40-28(21)18-34(4)31(38)27-15-10-16-33(27)3/h6-9,11-14,21-22,27-28,37H,10,15-20H2,1-5H3/t21-,22+,27-,28+/m0/s1. The van der Waals surface area contributed by atoms with Crippen molar-refractivity contribution in [2.24, 2.45) is 13.0 Å². The Kier molecular flexibility index (Phi) is 8.31. The second-order valence-corrected chi connectivity index (χ2v) is 11.6. The number of hydrogen-bond donors (Lipinski definition) is 1. The van der Waals surface area contributed by atoms with Crippen molar-refractivity contribution in [2.75, 3.05) is 40.3 Å². The lowest BCUT2D eigenvalue weighted by atomic mass is 9.96.